The summed E-state index contributed by atoms with van der Waals surface area (Å²) in [5, 5.41) is 3.38. The van der Waals surface area contributed by atoms with Gasteiger partial charge in [0.05, 0.1) is 0 Å². The number of nitrogens with two attached hydrogens (primary N) is 1. The maximum atomic E-state index is 8.05. The molecule has 0 aliphatic heterocycles. The van der Waals surface area contributed by atoms with Crippen LogP contribution in [0.2, 0.25) is 0 Å². The lowest BCUT2D eigenvalue weighted by Gasteiger charge is -1.99. The number of pyridine rings is 1. The standard InChI is InChI=1S/C9H11N5/c1-7-8(3-2-6-12-14-11)4-5-9(10)13-7/h2-5H,6H2,1H3,(H2,10,13). The van der Waals surface area contributed by atoms with Gasteiger partial charge in [-0.3, -0.25) is 0 Å². The molecule has 72 valence electrons. The molecular formula is C9H11N5. The average Bonchev–Trinajstić information content (AvgIpc) is 2.15. The summed E-state index contributed by atoms with van der Waals surface area (Å²) >= 11 is 0. The minimum absolute atomic E-state index is 0.348. The maximum absolute atomic E-state index is 8.05. The molecule has 0 saturated heterocycles. The molecule has 0 aliphatic rings. The maximum Gasteiger partial charge on any atom is 0.123 e. The molecule has 1 rings (SSSR count). The number of hydrogen-bond acceptors (Lipinski definition) is 3. The van der Waals surface area contributed by atoms with E-state index in [9.17, 15) is 0 Å². The second kappa shape index (κ2) is 4.89. The highest BCUT2D eigenvalue weighted by molar-refractivity contribution is 5.53. The SMILES string of the molecule is Cc1nc(N)ccc1C=CCN=[N+]=[N-]. The molecule has 0 radical (unpaired) electrons. The van der Waals surface area contributed by atoms with Crippen molar-refractivity contribution in [2.75, 3.05) is 12.3 Å². The summed E-state index contributed by atoms with van der Waals surface area (Å²) in [5.41, 5.74) is 15.4. The van der Waals surface area contributed by atoms with Gasteiger partial charge >= 0.3 is 0 Å². The molecule has 0 aliphatic carbocycles. The second-order valence-electron chi connectivity index (χ2n) is 2.73. The van der Waals surface area contributed by atoms with Crippen LogP contribution < -0.4 is 5.73 Å². The van der Waals surface area contributed by atoms with Gasteiger partial charge in [-0.1, -0.05) is 17.3 Å². The number of rotatable bonds is 3. The summed E-state index contributed by atoms with van der Waals surface area (Å²) < 4.78 is 0. The predicted molar refractivity (Wildman–Crippen MR) is 56.4 cm³/mol. The molecule has 14 heavy (non-hydrogen) atoms. The fraction of sp³-hybridized carbons (Fsp3) is 0.222. The molecule has 1 heterocycles. The number of anilines is 1. The Morgan fingerprint density at radius 3 is 3.07 bits per heavy atom. The van der Waals surface area contributed by atoms with Gasteiger partial charge in [-0.15, -0.1) is 0 Å². The van der Waals surface area contributed by atoms with Gasteiger partial charge in [-0.25, -0.2) is 4.98 Å². The molecule has 0 spiro atoms. The van der Waals surface area contributed by atoms with Crippen molar-refractivity contribution in [3.8, 4) is 0 Å². The van der Waals surface area contributed by atoms with Crippen molar-refractivity contribution in [3.63, 3.8) is 0 Å². The molecule has 0 saturated carbocycles. The van der Waals surface area contributed by atoms with Crippen molar-refractivity contribution < 1.29 is 0 Å². The Kier molecular flexibility index (Phi) is 3.52. The molecule has 2 N–H and O–H groups in total. The minimum atomic E-state index is 0.348. The molecule has 0 unspecified atom stereocenters. The zero-order valence-electron chi connectivity index (χ0n) is 7.88. The van der Waals surface area contributed by atoms with E-state index in [0.717, 1.165) is 11.3 Å². The lowest BCUT2D eigenvalue weighted by atomic mass is 10.2. The van der Waals surface area contributed by atoms with E-state index in [4.69, 9.17) is 11.3 Å². The molecule has 5 heteroatoms. The first-order chi connectivity index (χ1) is 6.74. The van der Waals surface area contributed by atoms with E-state index in [-0.39, 0.29) is 0 Å². The molecule has 5 nitrogen and oxygen atoms in total. The normalized spacial score (nSPS) is 10.1. The Hall–Kier alpha value is -2.00. The van der Waals surface area contributed by atoms with Crippen LogP contribution in [0.25, 0.3) is 16.5 Å². The van der Waals surface area contributed by atoms with Gasteiger partial charge in [0.2, 0.25) is 0 Å². The van der Waals surface area contributed by atoms with Gasteiger partial charge in [-0.2, -0.15) is 0 Å². The monoisotopic (exact) mass is 189 g/mol. The number of nitrogen functional groups attached to an aromatic ring is 1. The first-order valence-corrected chi connectivity index (χ1v) is 4.14. The molecule has 0 aromatic carbocycles. The van der Waals surface area contributed by atoms with Gasteiger partial charge in [0.1, 0.15) is 5.82 Å². The smallest absolute Gasteiger partial charge is 0.123 e. The van der Waals surface area contributed by atoms with E-state index in [1.54, 1.807) is 12.1 Å². The third kappa shape index (κ3) is 2.80. The Morgan fingerprint density at radius 2 is 2.43 bits per heavy atom. The van der Waals surface area contributed by atoms with Crippen LogP contribution in [0.4, 0.5) is 5.82 Å². The fourth-order valence-corrected chi connectivity index (χ4v) is 1.03. The molecular weight excluding hydrogens is 178 g/mol. The zero-order chi connectivity index (χ0) is 10.4. The lowest BCUT2D eigenvalue weighted by Crippen LogP contribution is -1.93. The second-order valence-corrected chi connectivity index (χ2v) is 2.73. The molecule has 0 bridgehead atoms. The van der Waals surface area contributed by atoms with Crippen molar-refractivity contribution in [1.29, 1.82) is 0 Å². The Bertz CT molecular complexity index is 390. The Balaban J connectivity index is 2.76. The van der Waals surface area contributed by atoms with E-state index in [1.807, 2.05) is 19.1 Å². The summed E-state index contributed by atoms with van der Waals surface area (Å²) in [4.78, 5) is 6.74. The third-order valence-corrected chi connectivity index (χ3v) is 1.70. The van der Waals surface area contributed by atoms with Gasteiger partial charge in [-0.05, 0) is 30.2 Å². The topological polar surface area (TPSA) is 87.7 Å². The van der Waals surface area contributed by atoms with Crippen LogP contribution in [-0.4, -0.2) is 11.5 Å². The van der Waals surface area contributed by atoms with Crippen molar-refractivity contribution in [2.45, 2.75) is 6.92 Å². The van der Waals surface area contributed by atoms with Crippen LogP contribution in [0, 0.1) is 6.92 Å². The summed E-state index contributed by atoms with van der Waals surface area (Å²) in [6.45, 7) is 2.23. The van der Waals surface area contributed by atoms with E-state index < -0.39 is 0 Å². The fourth-order valence-electron chi connectivity index (χ4n) is 1.03. The van der Waals surface area contributed by atoms with Crippen LogP contribution >= 0.6 is 0 Å². The molecule has 0 fully saturated rings. The number of hydrogen-bond donors (Lipinski definition) is 1. The average molecular weight is 189 g/mol. The number of azide groups is 1. The number of aromatic nitrogens is 1. The van der Waals surface area contributed by atoms with Crippen molar-refractivity contribution in [3.05, 3.63) is 39.9 Å². The van der Waals surface area contributed by atoms with Gasteiger partial charge < -0.3 is 5.73 Å². The van der Waals surface area contributed by atoms with Crippen LogP contribution in [-0.2, 0) is 0 Å². The summed E-state index contributed by atoms with van der Waals surface area (Å²) in [6, 6.07) is 3.62. The highest BCUT2D eigenvalue weighted by Crippen LogP contribution is 2.09. The Morgan fingerprint density at radius 1 is 1.64 bits per heavy atom. The summed E-state index contributed by atoms with van der Waals surface area (Å²) in [5.74, 6) is 0.509. The van der Waals surface area contributed by atoms with Gasteiger partial charge in [0.25, 0.3) is 0 Å². The van der Waals surface area contributed by atoms with Crippen molar-refractivity contribution in [2.24, 2.45) is 5.11 Å². The largest absolute Gasteiger partial charge is 0.384 e. The first kappa shape index (κ1) is 10.1. The van der Waals surface area contributed by atoms with Crippen LogP contribution in [0.1, 0.15) is 11.3 Å². The molecule has 1 aromatic heterocycles. The first-order valence-electron chi connectivity index (χ1n) is 4.14. The van der Waals surface area contributed by atoms with Crippen LogP contribution in [0.5, 0.6) is 0 Å². The highest BCUT2D eigenvalue weighted by atomic mass is 15.1. The molecule has 1 aromatic rings. The third-order valence-electron chi connectivity index (χ3n) is 1.70. The van der Waals surface area contributed by atoms with E-state index >= 15 is 0 Å². The van der Waals surface area contributed by atoms with Crippen LogP contribution in [0.3, 0.4) is 0 Å². The number of aryl methyl sites for hydroxylation is 1. The van der Waals surface area contributed by atoms with Gasteiger partial charge in [0, 0.05) is 17.2 Å². The lowest BCUT2D eigenvalue weighted by molar-refractivity contribution is 1.19. The van der Waals surface area contributed by atoms with Crippen molar-refractivity contribution >= 4 is 11.9 Å². The molecule has 0 atom stereocenters. The van der Waals surface area contributed by atoms with Gasteiger partial charge in [0.15, 0.2) is 0 Å². The summed E-state index contributed by atoms with van der Waals surface area (Å²) in [7, 11) is 0. The Labute approximate surface area is 81.9 Å². The molecule has 0 amide bonds. The predicted octanol–water partition coefficient (Wildman–Crippen LogP) is 2.30. The zero-order valence-corrected chi connectivity index (χ0v) is 7.88. The van der Waals surface area contributed by atoms with Crippen LogP contribution in [0.15, 0.2) is 23.3 Å². The highest BCUT2D eigenvalue weighted by Gasteiger charge is 1.94. The van der Waals surface area contributed by atoms with E-state index in [1.165, 1.54) is 0 Å². The van der Waals surface area contributed by atoms with Crippen molar-refractivity contribution in [1.82, 2.24) is 4.98 Å². The quantitative estimate of drug-likeness (QED) is 0.449. The minimum Gasteiger partial charge on any atom is -0.384 e. The number of nitrogens with zero attached hydrogens (tertiary/aromatic N) is 4. The van der Waals surface area contributed by atoms with E-state index in [2.05, 4.69) is 15.0 Å². The van der Waals surface area contributed by atoms with E-state index in [0.29, 0.717) is 12.4 Å². The summed E-state index contributed by atoms with van der Waals surface area (Å²) in [6.07, 6.45) is 3.64.